The van der Waals surface area contributed by atoms with Crippen LogP contribution in [0.2, 0.25) is 0 Å². The number of nitrogens with zero attached hydrogens (tertiary/aromatic N) is 3. The lowest BCUT2D eigenvalue weighted by Gasteiger charge is -2.26. The molecule has 29 heavy (non-hydrogen) atoms. The van der Waals surface area contributed by atoms with Gasteiger partial charge in [0, 0.05) is 24.0 Å². The van der Waals surface area contributed by atoms with Crippen LogP contribution in [0.4, 0.5) is 9.93 Å². The molecule has 0 saturated carbocycles. The van der Waals surface area contributed by atoms with E-state index in [-0.39, 0.29) is 17.9 Å². The Balaban J connectivity index is 1.70. The molecular weight excluding hydrogens is 386 g/mol. The smallest absolute Gasteiger partial charge is 0.318 e. The fourth-order valence-corrected chi connectivity index (χ4v) is 3.96. The van der Waals surface area contributed by atoms with Crippen LogP contribution in [-0.4, -0.2) is 41.0 Å². The van der Waals surface area contributed by atoms with Crippen molar-refractivity contribution in [3.05, 3.63) is 35.2 Å². The van der Waals surface area contributed by atoms with Crippen molar-refractivity contribution in [3.8, 4) is 17.3 Å². The number of nitrogens with one attached hydrogen (secondary N) is 2. The summed E-state index contributed by atoms with van der Waals surface area (Å²) < 4.78 is 0. The average Bonchev–Trinajstić information content (AvgIpc) is 3.43. The minimum absolute atomic E-state index is 0.00621. The number of nitriles is 1. The largest absolute Gasteiger partial charge is 0.326 e. The Morgan fingerprint density at radius 3 is 2.79 bits per heavy atom. The van der Waals surface area contributed by atoms with E-state index < -0.39 is 6.04 Å². The van der Waals surface area contributed by atoms with E-state index >= 15 is 0 Å². The number of rotatable bonds is 6. The van der Waals surface area contributed by atoms with Gasteiger partial charge in [0.25, 0.3) is 0 Å². The van der Waals surface area contributed by atoms with Crippen LogP contribution in [0.15, 0.2) is 29.6 Å². The molecule has 1 unspecified atom stereocenters. The van der Waals surface area contributed by atoms with Crippen molar-refractivity contribution in [2.45, 2.75) is 39.2 Å². The van der Waals surface area contributed by atoms with E-state index in [0.29, 0.717) is 16.4 Å². The normalized spacial score (nSPS) is 15.4. The minimum atomic E-state index is -0.623. The van der Waals surface area contributed by atoms with E-state index in [1.165, 1.54) is 11.3 Å². The molecule has 8 heteroatoms. The van der Waals surface area contributed by atoms with Gasteiger partial charge in [-0.1, -0.05) is 32.4 Å². The van der Waals surface area contributed by atoms with Crippen LogP contribution < -0.4 is 10.6 Å². The van der Waals surface area contributed by atoms with Gasteiger partial charge in [-0.2, -0.15) is 5.26 Å². The van der Waals surface area contributed by atoms with Crippen molar-refractivity contribution in [3.63, 3.8) is 0 Å². The molecular formula is C21H25N5O2S. The number of thiazole rings is 1. The summed E-state index contributed by atoms with van der Waals surface area (Å²) in [5.41, 5.74) is 2.08. The van der Waals surface area contributed by atoms with Crippen LogP contribution in [0.5, 0.6) is 0 Å². The summed E-state index contributed by atoms with van der Waals surface area (Å²) in [6.45, 7) is 5.42. The molecule has 0 aliphatic carbocycles. The molecule has 0 spiro atoms. The third-order valence-corrected chi connectivity index (χ3v) is 5.95. The Morgan fingerprint density at radius 1 is 1.34 bits per heavy atom. The number of hydrogen-bond donors (Lipinski definition) is 2. The van der Waals surface area contributed by atoms with Crippen LogP contribution in [-0.2, 0) is 4.79 Å². The Labute approximate surface area is 174 Å². The summed E-state index contributed by atoms with van der Waals surface area (Å²) in [7, 11) is 0. The molecule has 1 saturated heterocycles. The maximum Gasteiger partial charge on any atom is 0.318 e. The maximum absolute atomic E-state index is 12.9. The molecule has 1 aliphatic rings. The number of urea groups is 1. The Morgan fingerprint density at radius 2 is 2.10 bits per heavy atom. The van der Waals surface area contributed by atoms with Crippen molar-refractivity contribution >= 4 is 28.4 Å². The number of likely N-dealkylation sites (tertiary alicyclic amines) is 1. The summed E-state index contributed by atoms with van der Waals surface area (Å²) in [5.74, 6) is -0.271. The lowest BCUT2D eigenvalue weighted by molar-refractivity contribution is -0.119. The molecule has 1 aromatic carbocycles. The first kappa shape index (κ1) is 20.8. The summed E-state index contributed by atoms with van der Waals surface area (Å²) in [6, 6.07) is 8.48. The molecule has 1 aromatic heterocycles. The SMILES string of the molecule is CCC(C)[C@H](NC(=O)N1CCCC1)C(=O)Nc1nc(-c2cccc(C#N)c2)cs1. The first-order chi connectivity index (χ1) is 14.0. The fraction of sp³-hybridized carbons (Fsp3) is 0.429. The van der Waals surface area contributed by atoms with E-state index in [1.807, 2.05) is 25.3 Å². The zero-order valence-corrected chi connectivity index (χ0v) is 17.5. The molecule has 1 fully saturated rings. The number of amides is 3. The number of aromatic nitrogens is 1. The van der Waals surface area contributed by atoms with Gasteiger partial charge in [-0.15, -0.1) is 11.3 Å². The van der Waals surface area contributed by atoms with Gasteiger partial charge < -0.3 is 15.5 Å². The van der Waals surface area contributed by atoms with E-state index in [1.54, 1.807) is 23.1 Å². The third-order valence-electron chi connectivity index (χ3n) is 5.19. The number of anilines is 1. The highest BCUT2D eigenvalue weighted by atomic mass is 32.1. The molecule has 2 heterocycles. The number of hydrogen-bond acceptors (Lipinski definition) is 5. The molecule has 1 aliphatic heterocycles. The zero-order valence-electron chi connectivity index (χ0n) is 16.6. The first-order valence-electron chi connectivity index (χ1n) is 9.84. The highest BCUT2D eigenvalue weighted by molar-refractivity contribution is 7.14. The number of carbonyl (C=O) groups is 2. The lowest BCUT2D eigenvalue weighted by atomic mass is 9.98. The van der Waals surface area contributed by atoms with E-state index in [9.17, 15) is 9.59 Å². The van der Waals surface area contributed by atoms with E-state index in [2.05, 4.69) is 21.7 Å². The van der Waals surface area contributed by atoms with Crippen molar-refractivity contribution < 1.29 is 9.59 Å². The van der Waals surface area contributed by atoms with E-state index in [4.69, 9.17) is 5.26 Å². The molecule has 2 N–H and O–H groups in total. The first-order valence-corrected chi connectivity index (χ1v) is 10.7. The fourth-order valence-electron chi connectivity index (χ4n) is 3.24. The second kappa shape index (κ2) is 9.52. The molecule has 152 valence electrons. The summed E-state index contributed by atoms with van der Waals surface area (Å²) in [6.07, 6.45) is 2.77. The van der Waals surface area contributed by atoms with Crippen molar-refractivity contribution in [2.24, 2.45) is 5.92 Å². The van der Waals surface area contributed by atoms with Crippen molar-refractivity contribution in [1.29, 1.82) is 5.26 Å². The van der Waals surface area contributed by atoms with Crippen LogP contribution in [0.25, 0.3) is 11.3 Å². The van der Waals surface area contributed by atoms with Crippen molar-refractivity contribution in [2.75, 3.05) is 18.4 Å². The van der Waals surface area contributed by atoms with Gasteiger partial charge in [-0.05, 0) is 30.9 Å². The molecule has 7 nitrogen and oxygen atoms in total. The molecule has 2 aromatic rings. The van der Waals surface area contributed by atoms with Crippen LogP contribution in [0.1, 0.15) is 38.7 Å². The predicted octanol–water partition coefficient (Wildman–Crippen LogP) is 3.84. The molecule has 2 atom stereocenters. The van der Waals surface area contributed by atoms with Gasteiger partial charge in [-0.25, -0.2) is 9.78 Å². The number of carbonyl (C=O) groups excluding carboxylic acids is 2. The highest BCUT2D eigenvalue weighted by Gasteiger charge is 2.29. The maximum atomic E-state index is 12.9. The molecule has 3 amide bonds. The minimum Gasteiger partial charge on any atom is -0.326 e. The van der Waals surface area contributed by atoms with Gasteiger partial charge in [0.05, 0.1) is 17.3 Å². The summed E-state index contributed by atoms with van der Waals surface area (Å²) in [4.78, 5) is 31.6. The van der Waals surface area contributed by atoms with Gasteiger partial charge in [0.1, 0.15) is 6.04 Å². The van der Waals surface area contributed by atoms with Gasteiger partial charge in [-0.3, -0.25) is 4.79 Å². The van der Waals surface area contributed by atoms with Crippen LogP contribution in [0.3, 0.4) is 0 Å². The van der Waals surface area contributed by atoms with Gasteiger partial charge >= 0.3 is 6.03 Å². The van der Waals surface area contributed by atoms with Gasteiger partial charge in [0.2, 0.25) is 5.91 Å². The molecule has 0 bridgehead atoms. The second-order valence-corrected chi connectivity index (χ2v) is 8.08. The Kier molecular flexibility index (Phi) is 6.83. The molecule has 0 radical (unpaired) electrons. The third kappa shape index (κ3) is 5.12. The summed E-state index contributed by atoms with van der Waals surface area (Å²) in [5, 5.41) is 17.1. The monoisotopic (exact) mass is 411 g/mol. The Bertz CT molecular complexity index is 914. The van der Waals surface area contributed by atoms with Crippen molar-refractivity contribution in [1.82, 2.24) is 15.2 Å². The predicted molar refractivity (Wildman–Crippen MR) is 113 cm³/mol. The highest BCUT2D eigenvalue weighted by Crippen LogP contribution is 2.26. The average molecular weight is 412 g/mol. The van der Waals surface area contributed by atoms with Gasteiger partial charge in [0.15, 0.2) is 5.13 Å². The lowest BCUT2D eigenvalue weighted by Crippen LogP contribution is -2.51. The quantitative estimate of drug-likeness (QED) is 0.754. The standard InChI is InChI=1S/C21H25N5O2S/c1-3-14(2)18(24-21(28)26-9-4-5-10-26)19(27)25-20-23-17(13-29-20)16-8-6-7-15(11-16)12-22/h6-8,11,13-14,18H,3-5,9-10H2,1-2H3,(H,24,28)(H,23,25,27)/t14?,18-/m0/s1. The zero-order chi connectivity index (χ0) is 20.8. The molecule has 3 rings (SSSR count). The summed E-state index contributed by atoms with van der Waals surface area (Å²) >= 11 is 1.32. The van der Waals surface area contributed by atoms with E-state index in [0.717, 1.165) is 37.9 Å². The topological polar surface area (TPSA) is 98.1 Å². The van der Waals surface area contributed by atoms with Crippen LogP contribution >= 0.6 is 11.3 Å². The Hall–Kier alpha value is -2.92. The van der Waals surface area contributed by atoms with Crippen LogP contribution in [0, 0.1) is 17.2 Å². The second-order valence-electron chi connectivity index (χ2n) is 7.23. The number of benzene rings is 1.